The van der Waals surface area contributed by atoms with Crippen LogP contribution in [0.3, 0.4) is 0 Å². The maximum Gasteiger partial charge on any atom is 0.171 e. The third kappa shape index (κ3) is 3.95. The summed E-state index contributed by atoms with van der Waals surface area (Å²) >= 11 is 0. The summed E-state index contributed by atoms with van der Waals surface area (Å²) in [5.74, 6) is 1.66. The van der Waals surface area contributed by atoms with Gasteiger partial charge in [-0.25, -0.2) is 9.97 Å². The van der Waals surface area contributed by atoms with Gasteiger partial charge in [-0.05, 0) is 26.6 Å². The van der Waals surface area contributed by atoms with Gasteiger partial charge < -0.3 is 15.1 Å². The number of aryl methyl sites for hydroxylation is 1. The van der Waals surface area contributed by atoms with Gasteiger partial charge in [-0.1, -0.05) is 29.8 Å². The van der Waals surface area contributed by atoms with Gasteiger partial charge in [0.1, 0.15) is 0 Å². The van der Waals surface area contributed by atoms with Crippen LogP contribution in [-0.4, -0.2) is 49.6 Å². The van der Waals surface area contributed by atoms with E-state index in [9.17, 15) is 0 Å². The van der Waals surface area contributed by atoms with Crippen molar-refractivity contribution in [3.63, 3.8) is 0 Å². The number of nitrogens with zero attached hydrogens (tertiary/aromatic N) is 4. The summed E-state index contributed by atoms with van der Waals surface area (Å²) in [6.45, 7) is 2.88. The Morgan fingerprint density at radius 3 is 2.23 bits per heavy atom. The molecule has 2 rings (SSSR count). The first-order valence-electron chi connectivity index (χ1n) is 7.44. The number of anilines is 2. The molecule has 0 fully saturated rings. The molecule has 0 aliphatic heterocycles. The number of likely N-dealkylation sites (N-methyl/N-ethyl adjacent to an activating group) is 1. The summed E-state index contributed by atoms with van der Waals surface area (Å²) in [5, 5.41) is 3.43. The fraction of sp³-hybridized carbons (Fsp3) is 0.412. The van der Waals surface area contributed by atoms with Gasteiger partial charge in [0.15, 0.2) is 11.6 Å². The quantitative estimate of drug-likeness (QED) is 0.888. The van der Waals surface area contributed by atoms with E-state index >= 15 is 0 Å². The highest BCUT2D eigenvalue weighted by Gasteiger charge is 2.15. The average Bonchev–Trinajstić information content (AvgIpc) is 2.49. The summed E-state index contributed by atoms with van der Waals surface area (Å²) < 4.78 is 0. The molecule has 1 aromatic heterocycles. The molecule has 0 aliphatic carbocycles. The molecule has 118 valence electrons. The normalized spacial score (nSPS) is 12.3. The van der Waals surface area contributed by atoms with Crippen molar-refractivity contribution in [3.8, 4) is 0 Å². The van der Waals surface area contributed by atoms with Crippen molar-refractivity contribution < 1.29 is 0 Å². The highest BCUT2D eigenvalue weighted by Crippen LogP contribution is 2.22. The maximum atomic E-state index is 4.41. The Labute approximate surface area is 133 Å². The number of hydrogen-bond donors (Lipinski definition) is 1. The molecule has 1 aromatic carbocycles. The van der Waals surface area contributed by atoms with Gasteiger partial charge in [0.25, 0.3) is 0 Å². The Balaban J connectivity index is 2.15. The monoisotopic (exact) mass is 299 g/mol. The number of benzene rings is 1. The van der Waals surface area contributed by atoms with Gasteiger partial charge in [-0.3, -0.25) is 0 Å². The van der Waals surface area contributed by atoms with Crippen LogP contribution in [0.5, 0.6) is 0 Å². The zero-order valence-electron chi connectivity index (χ0n) is 14.0. The van der Waals surface area contributed by atoms with E-state index in [1.165, 1.54) is 11.1 Å². The van der Waals surface area contributed by atoms with Crippen molar-refractivity contribution in [1.29, 1.82) is 0 Å². The minimum Gasteiger partial charge on any atom is -0.365 e. The lowest BCUT2D eigenvalue weighted by Gasteiger charge is -2.26. The van der Waals surface area contributed by atoms with Crippen LogP contribution in [0.25, 0.3) is 0 Å². The molecule has 0 saturated carbocycles. The zero-order valence-corrected chi connectivity index (χ0v) is 14.0. The number of nitrogens with one attached hydrogen (secondary N) is 1. The number of hydrogen-bond acceptors (Lipinski definition) is 5. The van der Waals surface area contributed by atoms with E-state index in [4.69, 9.17) is 0 Å². The molecule has 0 radical (unpaired) electrons. The maximum absolute atomic E-state index is 4.41. The van der Waals surface area contributed by atoms with Crippen LogP contribution in [0.1, 0.15) is 17.2 Å². The van der Waals surface area contributed by atoms with Gasteiger partial charge in [0.2, 0.25) is 0 Å². The Kier molecular flexibility index (Phi) is 5.33. The second kappa shape index (κ2) is 7.22. The fourth-order valence-electron chi connectivity index (χ4n) is 2.36. The van der Waals surface area contributed by atoms with Crippen molar-refractivity contribution in [2.75, 3.05) is 45.0 Å². The predicted octanol–water partition coefficient (Wildman–Crippen LogP) is 2.57. The molecule has 1 atom stereocenters. The second-order valence-corrected chi connectivity index (χ2v) is 5.89. The standard InChI is InChI=1S/C17H25N5/c1-13-6-8-14(9-7-13)15(21(2)3)12-20-16-17(22(4)5)19-11-10-18-16/h6-11,15H,12H2,1-5H3,(H,18,20)/t15-/m1/s1. The summed E-state index contributed by atoms with van der Waals surface area (Å²) in [7, 11) is 8.13. The van der Waals surface area contributed by atoms with Crippen molar-refractivity contribution in [2.24, 2.45) is 0 Å². The smallest absolute Gasteiger partial charge is 0.171 e. The van der Waals surface area contributed by atoms with E-state index in [-0.39, 0.29) is 6.04 Å². The molecule has 0 aliphatic rings. The zero-order chi connectivity index (χ0) is 16.1. The molecule has 0 unspecified atom stereocenters. The molecule has 0 amide bonds. The van der Waals surface area contributed by atoms with Crippen LogP contribution in [0.15, 0.2) is 36.7 Å². The lowest BCUT2D eigenvalue weighted by molar-refractivity contribution is 0.311. The van der Waals surface area contributed by atoms with E-state index in [1.54, 1.807) is 12.4 Å². The van der Waals surface area contributed by atoms with Crippen molar-refractivity contribution in [1.82, 2.24) is 14.9 Å². The second-order valence-electron chi connectivity index (χ2n) is 5.89. The van der Waals surface area contributed by atoms with Crippen LogP contribution >= 0.6 is 0 Å². The van der Waals surface area contributed by atoms with Gasteiger partial charge in [-0.2, -0.15) is 0 Å². The first-order valence-corrected chi connectivity index (χ1v) is 7.44. The van der Waals surface area contributed by atoms with Crippen LogP contribution in [0.4, 0.5) is 11.6 Å². The van der Waals surface area contributed by atoms with Crippen LogP contribution in [-0.2, 0) is 0 Å². The van der Waals surface area contributed by atoms with Crippen LogP contribution < -0.4 is 10.2 Å². The fourth-order valence-corrected chi connectivity index (χ4v) is 2.36. The van der Waals surface area contributed by atoms with Crippen molar-refractivity contribution in [3.05, 3.63) is 47.8 Å². The lowest BCUT2D eigenvalue weighted by atomic mass is 10.0. The molecule has 0 saturated heterocycles. The van der Waals surface area contributed by atoms with E-state index in [1.807, 2.05) is 19.0 Å². The molecule has 22 heavy (non-hydrogen) atoms. The average molecular weight is 299 g/mol. The summed E-state index contributed by atoms with van der Waals surface area (Å²) in [6.07, 6.45) is 3.43. The van der Waals surface area contributed by atoms with Gasteiger partial charge in [0.05, 0.1) is 6.04 Å². The molecule has 0 spiro atoms. The Morgan fingerprint density at radius 1 is 1.00 bits per heavy atom. The van der Waals surface area contributed by atoms with Crippen LogP contribution in [0, 0.1) is 6.92 Å². The predicted molar refractivity (Wildman–Crippen MR) is 92.5 cm³/mol. The third-order valence-corrected chi connectivity index (χ3v) is 3.65. The van der Waals surface area contributed by atoms with E-state index in [2.05, 4.69) is 65.5 Å². The summed E-state index contributed by atoms with van der Waals surface area (Å²) in [6, 6.07) is 8.95. The Bertz CT molecular complexity index is 592. The van der Waals surface area contributed by atoms with E-state index in [0.29, 0.717) is 0 Å². The van der Waals surface area contributed by atoms with Gasteiger partial charge in [0, 0.05) is 33.0 Å². The largest absolute Gasteiger partial charge is 0.365 e. The summed E-state index contributed by atoms with van der Waals surface area (Å²) in [4.78, 5) is 13.0. The van der Waals surface area contributed by atoms with E-state index < -0.39 is 0 Å². The first kappa shape index (κ1) is 16.2. The van der Waals surface area contributed by atoms with Gasteiger partial charge in [-0.15, -0.1) is 0 Å². The molecular weight excluding hydrogens is 274 g/mol. The number of aromatic nitrogens is 2. The molecule has 0 bridgehead atoms. The van der Waals surface area contributed by atoms with Crippen molar-refractivity contribution >= 4 is 11.6 Å². The Morgan fingerprint density at radius 2 is 1.64 bits per heavy atom. The van der Waals surface area contributed by atoms with E-state index in [0.717, 1.165) is 18.2 Å². The summed E-state index contributed by atoms with van der Waals surface area (Å²) in [5.41, 5.74) is 2.57. The first-order chi connectivity index (χ1) is 10.5. The third-order valence-electron chi connectivity index (χ3n) is 3.65. The molecule has 1 heterocycles. The highest BCUT2D eigenvalue weighted by molar-refractivity contribution is 5.59. The SMILES string of the molecule is Cc1ccc([C@@H](CNc2nccnc2N(C)C)N(C)C)cc1. The molecule has 5 heteroatoms. The minimum absolute atomic E-state index is 0.276. The number of rotatable bonds is 6. The highest BCUT2D eigenvalue weighted by atomic mass is 15.2. The Hall–Kier alpha value is -2.14. The minimum atomic E-state index is 0.276. The molecule has 1 N–H and O–H groups in total. The lowest BCUT2D eigenvalue weighted by Crippen LogP contribution is -2.27. The van der Waals surface area contributed by atoms with Crippen LogP contribution in [0.2, 0.25) is 0 Å². The topological polar surface area (TPSA) is 44.3 Å². The van der Waals surface area contributed by atoms with Crippen molar-refractivity contribution in [2.45, 2.75) is 13.0 Å². The van der Waals surface area contributed by atoms with Gasteiger partial charge >= 0.3 is 0 Å². The molecule has 2 aromatic rings. The molecular formula is C17H25N5. The molecule has 5 nitrogen and oxygen atoms in total.